The second kappa shape index (κ2) is 8.30. The molecule has 2 aromatic rings. The number of hydrogen-bond donors (Lipinski definition) is 0. The zero-order valence-electron chi connectivity index (χ0n) is 14.0. The summed E-state index contributed by atoms with van der Waals surface area (Å²) in [5.41, 5.74) is -0.207. The first-order valence-corrected chi connectivity index (χ1v) is 8.76. The lowest BCUT2D eigenvalue weighted by Crippen LogP contribution is -2.16. The smallest absolute Gasteiger partial charge is 0.345 e. The molecule has 0 aliphatic heterocycles. The van der Waals surface area contributed by atoms with Crippen molar-refractivity contribution >= 4 is 28.1 Å². The first-order valence-electron chi connectivity index (χ1n) is 7.36. The molecule has 0 unspecified atom stereocenters. The summed E-state index contributed by atoms with van der Waals surface area (Å²) in [6.07, 6.45) is 1.15. The minimum absolute atomic E-state index is 0.0278. The van der Waals surface area contributed by atoms with Crippen LogP contribution in [-0.2, 0) is 29.2 Å². The average molecular weight is 376 g/mol. The Kier molecular flexibility index (Phi) is 6.13. The van der Waals surface area contributed by atoms with Gasteiger partial charge in [0.2, 0.25) is 0 Å². The lowest BCUT2D eigenvalue weighted by Gasteiger charge is -2.10. The Bertz CT molecular complexity index is 913. The third-order valence-electron chi connectivity index (χ3n) is 3.26. The third kappa shape index (κ3) is 4.48. The number of rotatable bonds is 6. The molecule has 0 heterocycles. The van der Waals surface area contributed by atoms with Gasteiger partial charge >= 0.3 is 22.1 Å². The van der Waals surface area contributed by atoms with E-state index in [-0.39, 0.29) is 16.2 Å². The van der Waals surface area contributed by atoms with Gasteiger partial charge in [-0.3, -0.25) is 0 Å². The van der Waals surface area contributed by atoms with Gasteiger partial charge in [0, 0.05) is 5.56 Å². The van der Waals surface area contributed by atoms with E-state index in [4.69, 9.17) is 4.18 Å². The van der Waals surface area contributed by atoms with Crippen molar-refractivity contribution in [2.45, 2.75) is 4.90 Å². The Morgan fingerprint density at radius 2 is 1.38 bits per heavy atom. The molecule has 0 saturated carbocycles. The molecule has 136 valence electrons. The molecular formula is C18H16O7S. The van der Waals surface area contributed by atoms with E-state index in [0.29, 0.717) is 0 Å². The Labute approximate surface area is 150 Å². The van der Waals surface area contributed by atoms with Gasteiger partial charge in [0.1, 0.15) is 16.2 Å². The number of methoxy groups -OCH3 is 2. The number of benzene rings is 2. The summed E-state index contributed by atoms with van der Waals surface area (Å²) in [6.45, 7) is 0. The number of carbonyl (C=O) groups is 2. The van der Waals surface area contributed by atoms with Crippen molar-refractivity contribution in [3.05, 3.63) is 65.7 Å². The molecule has 0 spiro atoms. The number of para-hydroxylation sites is 1. The van der Waals surface area contributed by atoms with Gasteiger partial charge in [-0.25, -0.2) is 9.59 Å². The summed E-state index contributed by atoms with van der Waals surface area (Å²) >= 11 is 0. The minimum atomic E-state index is -4.08. The number of ether oxygens (including phenoxy) is 2. The van der Waals surface area contributed by atoms with Gasteiger partial charge in [0.05, 0.1) is 14.2 Å². The van der Waals surface area contributed by atoms with Crippen molar-refractivity contribution in [1.82, 2.24) is 0 Å². The highest BCUT2D eigenvalue weighted by Gasteiger charge is 2.22. The highest BCUT2D eigenvalue weighted by Crippen LogP contribution is 2.25. The van der Waals surface area contributed by atoms with Gasteiger partial charge in [0.15, 0.2) is 0 Å². The van der Waals surface area contributed by atoms with E-state index in [1.165, 1.54) is 24.3 Å². The van der Waals surface area contributed by atoms with Crippen LogP contribution in [-0.4, -0.2) is 34.6 Å². The fourth-order valence-corrected chi connectivity index (χ4v) is 2.98. The van der Waals surface area contributed by atoms with Crippen molar-refractivity contribution < 1.29 is 31.7 Å². The van der Waals surface area contributed by atoms with Crippen LogP contribution in [0.15, 0.2) is 65.1 Å². The van der Waals surface area contributed by atoms with Crippen LogP contribution in [0.5, 0.6) is 5.75 Å². The van der Waals surface area contributed by atoms with Crippen LogP contribution in [0.3, 0.4) is 0 Å². The van der Waals surface area contributed by atoms with E-state index in [2.05, 4.69) is 9.47 Å². The molecule has 0 radical (unpaired) electrons. The van der Waals surface area contributed by atoms with Crippen LogP contribution in [0.1, 0.15) is 5.56 Å². The molecule has 0 atom stereocenters. The zero-order valence-corrected chi connectivity index (χ0v) is 14.9. The minimum Gasteiger partial charge on any atom is -0.465 e. The second-order valence-corrected chi connectivity index (χ2v) is 6.48. The van der Waals surface area contributed by atoms with Crippen LogP contribution >= 0.6 is 0 Å². The summed E-state index contributed by atoms with van der Waals surface area (Å²) in [5.74, 6) is -1.89. The van der Waals surface area contributed by atoms with Crippen molar-refractivity contribution in [3.63, 3.8) is 0 Å². The Morgan fingerprint density at radius 3 is 1.96 bits per heavy atom. The molecule has 0 N–H and O–H groups in total. The molecule has 2 rings (SSSR count). The van der Waals surface area contributed by atoms with Crippen LogP contribution in [0.2, 0.25) is 0 Å². The van der Waals surface area contributed by atoms with Crippen LogP contribution in [0.25, 0.3) is 6.08 Å². The van der Waals surface area contributed by atoms with Gasteiger partial charge in [-0.05, 0) is 24.3 Å². The quantitative estimate of drug-likeness (QED) is 0.251. The van der Waals surface area contributed by atoms with E-state index in [1.807, 2.05) is 0 Å². The van der Waals surface area contributed by atoms with Gasteiger partial charge < -0.3 is 13.7 Å². The molecule has 0 aliphatic carbocycles. The molecule has 0 saturated heterocycles. The molecule has 0 aromatic heterocycles. The summed E-state index contributed by atoms with van der Waals surface area (Å²) in [7, 11) is -1.86. The lowest BCUT2D eigenvalue weighted by atomic mass is 10.1. The molecule has 0 aliphatic rings. The maximum atomic E-state index is 12.4. The molecule has 0 bridgehead atoms. The predicted molar refractivity (Wildman–Crippen MR) is 92.7 cm³/mol. The van der Waals surface area contributed by atoms with Crippen LogP contribution in [0.4, 0.5) is 0 Å². The topological polar surface area (TPSA) is 96.0 Å². The third-order valence-corrected chi connectivity index (χ3v) is 4.51. The lowest BCUT2D eigenvalue weighted by molar-refractivity contribution is -0.143. The van der Waals surface area contributed by atoms with Crippen LogP contribution < -0.4 is 4.18 Å². The summed E-state index contributed by atoms with van der Waals surface area (Å²) in [4.78, 5) is 23.5. The molecule has 0 amide bonds. The largest absolute Gasteiger partial charge is 0.465 e. The molecular weight excluding hydrogens is 360 g/mol. The first kappa shape index (κ1) is 19.2. The van der Waals surface area contributed by atoms with Gasteiger partial charge in [-0.1, -0.05) is 36.4 Å². The van der Waals surface area contributed by atoms with Crippen molar-refractivity contribution in [2.75, 3.05) is 14.2 Å². The molecule has 26 heavy (non-hydrogen) atoms. The van der Waals surface area contributed by atoms with Crippen LogP contribution in [0, 0.1) is 0 Å². The molecule has 2 aromatic carbocycles. The first-order chi connectivity index (χ1) is 12.4. The van der Waals surface area contributed by atoms with Gasteiger partial charge in [-0.15, -0.1) is 0 Å². The highest BCUT2D eigenvalue weighted by atomic mass is 32.2. The second-order valence-electron chi connectivity index (χ2n) is 4.93. The van der Waals surface area contributed by atoms with Crippen molar-refractivity contribution in [1.29, 1.82) is 0 Å². The number of hydrogen-bond acceptors (Lipinski definition) is 7. The summed E-state index contributed by atoms with van der Waals surface area (Å²) < 4.78 is 39.1. The van der Waals surface area contributed by atoms with E-state index >= 15 is 0 Å². The van der Waals surface area contributed by atoms with E-state index in [9.17, 15) is 18.0 Å². The maximum absolute atomic E-state index is 12.4. The fraction of sp³-hybridized carbons (Fsp3) is 0.111. The van der Waals surface area contributed by atoms with Crippen molar-refractivity contribution in [2.24, 2.45) is 0 Å². The zero-order chi connectivity index (χ0) is 19.2. The molecule has 0 fully saturated rings. The predicted octanol–water partition coefficient (Wildman–Crippen LogP) is 2.18. The monoisotopic (exact) mass is 376 g/mol. The van der Waals surface area contributed by atoms with E-state index in [1.54, 1.807) is 30.3 Å². The van der Waals surface area contributed by atoms with Crippen molar-refractivity contribution in [3.8, 4) is 5.75 Å². The number of esters is 2. The number of carbonyl (C=O) groups excluding carboxylic acids is 2. The Balaban J connectivity index is 2.46. The maximum Gasteiger partial charge on any atom is 0.345 e. The van der Waals surface area contributed by atoms with Gasteiger partial charge in [-0.2, -0.15) is 8.42 Å². The van der Waals surface area contributed by atoms with E-state index < -0.39 is 27.6 Å². The van der Waals surface area contributed by atoms with Gasteiger partial charge in [0.25, 0.3) is 0 Å². The molecule has 8 heteroatoms. The molecule has 7 nitrogen and oxygen atoms in total. The SMILES string of the molecule is COC(=O)C(=Cc1ccccc1OS(=O)(=O)c1ccccc1)C(=O)OC. The fourth-order valence-electron chi connectivity index (χ4n) is 2.01. The Morgan fingerprint density at radius 1 is 0.846 bits per heavy atom. The summed E-state index contributed by atoms with van der Waals surface area (Å²) in [6, 6.07) is 13.6. The highest BCUT2D eigenvalue weighted by molar-refractivity contribution is 7.87. The normalized spacial score (nSPS) is 10.5. The Hall–Kier alpha value is -3.13. The average Bonchev–Trinajstić information content (AvgIpc) is 2.66. The van der Waals surface area contributed by atoms with E-state index in [0.717, 1.165) is 20.3 Å². The standard InChI is InChI=1S/C18H16O7S/c1-23-17(19)15(18(20)24-2)12-13-8-6-7-11-16(13)25-26(21,22)14-9-4-3-5-10-14/h3-12H,1-2H3. The summed E-state index contributed by atoms with van der Waals surface area (Å²) in [5, 5.41) is 0.